The number of pyridine rings is 1. The highest BCUT2D eigenvalue weighted by molar-refractivity contribution is 9.10. The Kier molecular flexibility index (Phi) is 4.18. The maximum Gasteiger partial charge on any atom is 0.146 e. The van der Waals surface area contributed by atoms with Gasteiger partial charge in [0.25, 0.3) is 0 Å². The second-order valence-electron chi connectivity index (χ2n) is 3.73. The van der Waals surface area contributed by atoms with Crippen LogP contribution in [0.2, 0.25) is 0 Å². The van der Waals surface area contributed by atoms with E-state index in [2.05, 4.69) is 26.3 Å². The van der Waals surface area contributed by atoms with Crippen molar-refractivity contribution in [1.29, 1.82) is 0 Å². The van der Waals surface area contributed by atoms with Gasteiger partial charge in [-0.3, -0.25) is 10.8 Å². The number of hydrazine groups is 1. The zero-order chi connectivity index (χ0) is 14.0. The van der Waals surface area contributed by atoms with E-state index in [-0.39, 0.29) is 10.2 Å². The number of halogens is 4. The summed E-state index contributed by atoms with van der Waals surface area (Å²) in [6.07, 6.45) is 1.32. The van der Waals surface area contributed by atoms with Gasteiger partial charge in [0.2, 0.25) is 0 Å². The van der Waals surface area contributed by atoms with E-state index in [1.54, 1.807) is 0 Å². The average molecular weight is 332 g/mol. The third-order valence-electron chi connectivity index (χ3n) is 2.60. The number of aromatic nitrogens is 1. The first-order valence-corrected chi connectivity index (χ1v) is 6.05. The van der Waals surface area contributed by atoms with Gasteiger partial charge in [0.1, 0.15) is 17.5 Å². The lowest BCUT2D eigenvalue weighted by Gasteiger charge is -2.18. The summed E-state index contributed by atoms with van der Waals surface area (Å²) < 4.78 is 41.5. The molecule has 0 aliphatic heterocycles. The zero-order valence-corrected chi connectivity index (χ0v) is 11.1. The monoisotopic (exact) mass is 331 g/mol. The minimum Gasteiger partial charge on any atom is -0.271 e. The summed E-state index contributed by atoms with van der Waals surface area (Å²) in [5, 5.41) is 0. The fourth-order valence-electron chi connectivity index (χ4n) is 1.72. The highest BCUT2D eigenvalue weighted by atomic mass is 79.9. The van der Waals surface area contributed by atoms with E-state index >= 15 is 0 Å². The van der Waals surface area contributed by atoms with Crippen LogP contribution in [0.3, 0.4) is 0 Å². The Morgan fingerprint density at radius 3 is 2.53 bits per heavy atom. The van der Waals surface area contributed by atoms with Gasteiger partial charge in [-0.2, -0.15) is 0 Å². The molecule has 7 heteroatoms. The molecule has 0 aliphatic rings. The Hall–Kier alpha value is -1.44. The van der Waals surface area contributed by atoms with E-state index in [1.165, 1.54) is 18.3 Å². The highest BCUT2D eigenvalue weighted by Crippen LogP contribution is 2.30. The summed E-state index contributed by atoms with van der Waals surface area (Å²) in [5.74, 6) is 2.89. The Bertz CT molecular complexity index is 607. The number of nitrogens with zero attached hydrogens (tertiary/aromatic N) is 1. The molecule has 3 nitrogen and oxygen atoms in total. The van der Waals surface area contributed by atoms with Crippen molar-refractivity contribution in [2.75, 3.05) is 0 Å². The fraction of sp³-hybridized carbons (Fsp3) is 0.0833. The van der Waals surface area contributed by atoms with Crippen LogP contribution in [0.1, 0.15) is 17.3 Å². The van der Waals surface area contributed by atoms with Crippen LogP contribution in [0.4, 0.5) is 13.2 Å². The topological polar surface area (TPSA) is 50.9 Å². The van der Waals surface area contributed by atoms with Crippen molar-refractivity contribution in [2.24, 2.45) is 5.84 Å². The zero-order valence-electron chi connectivity index (χ0n) is 9.50. The summed E-state index contributed by atoms with van der Waals surface area (Å²) >= 11 is 2.94. The molecule has 2 rings (SSSR count). The van der Waals surface area contributed by atoms with Crippen molar-refractivity contribution in [3.8, 4) is 0 Å². The molecule has 0 aliphatic carbocycles. The van der Waals surface area contributed by atoms with E-state index in [4.69, 9.17) is 5.84 Å². The van der Waals surface area contributed by atoms with Gasteiger partial charge in [-0.15, -0.1) is 0 Å². The van der Waals surface area contributed by atoms with Crippen LogP contribution in [-0.4, -0.2) is 4.98 Å². The number of rotatable bonds is 3. The second-order valence-corrected chi connectivity index (χ2v) is 4.58. The van der Waals surface area contributed by atoms with Crippen LogP contribution in [0, 0.1) is 17.5 Å². The molecular formula is C12H9BrF3N3. The lowest BCUT2D eigenvalue weighted by Crippen LogP contribution is -2.31. The fourth-order valence-corrected chi connectivity index (χ4v) is 2.06. The molecule has 100 valence electrons. The van der Waals surface area contributed by atoms with Gasteiger partial charge in [0.15, 0.2) is 0 Å². The lowest BCUT2D eigenvalue weighted by molar-refractivity contribution is 0.484. The van der Waals surface area contributed by atoms with Crippen molar-refractivity contribution in [1.82, 2.24) is 10.4 Å². The average Bonchev–Trinajstić information content (AvgIpc) is 2.40. The Morgan fingerprint density at radius 2 is 1.89 bits per heavy atom. The molecule has 1 atom stereocenters. The van der Waals surface area contributed by atoms with Crippen molar-refractivity contribution in [3.05, 3.63) is 63.6 Å². The summed E-state index contributed by atoms with van der Waals surface area (Å²) in [5.41, 5.74) is 1.61. The molecule has 0 saturated heterocycles. The molecule has 3 N–H and O–H groups in total. The summed E-state index contributed by atoms with van der Waals surface area (Å²) in [4.78, 5) is 3.77. The summed E-state index contributed by atoms with van der Waals surface area (Å²) in [6, 6.07) is 3.57. The molecule has 19 heavy (non-hydrogen) atoms. The molecule has 0 spiro atoms. The van der Waals surface area contributed by atoms with Crippen molar-refractivity contribution >= 4 is 15.9 Å². The smallest absolute Gasteiger partial charge is 0.146 e. The van der Waals surface area contributed by atoms with E-state index in [1.807, 2.05) is 0 Å². The minimum atomic E-state index is -1.22. The molecule has 2 aromatic rings. The normalized spacial score (nSPS) is 12.5. The van der Waals surface area contributed by atoms with Crippen LogP contribution in [0.5, 0.6) is 0 Å². The van der Waals surface area contributed by atoms with Gasteiger partial charge < -0.3 is 0 Å². The van der Waals surface area contributed by atoms with Crippen LogP contribution in [-0.2, 0) is 0 Å². The van der Waals surface area contributed by atoms with Gasteiger partial charge in [0.05, 0.1) is 16.2 Å². The third-order valence-corrected chi connectivity index (χ3v) is 3.21. The predicted octanol–water partition coefficient (Wildman–Crippen LogP) is 2.81. The maximum atomic E-state index is 14.0. The number of hydrogen-bond donors (Lipinski definition) is 2. The highest BCUT2D eigenvalue weighted by Gasteiger charge is 2.25. The molecule has 0 bridgehead atoms. The molecule has 1 unspecified atom stereocenters. The van der Waals surface area contributed by atoms with E-state index in [0.29, 0.717) is 0 Å². The van der Waals surface area contributed by atoms with Gasteiger partial charge in [-0.05, 0) is 40.2 Å². The number of benzene rings is 1. The summed E-state index contributed by atoms with van der Waals surface area (Å²) in [6.45, 7) is 0. The molecule has 1 heterocycles. The Labute approximate surface area is 115 Å². The first-order chi connectivity index (χ1) is 9.06. The van der Waals surface area contributed by atoms with Crippen molar-refractivity contribution in [2.45, 2.75) is 6.04 Å². The van der Waals surface area contributed by atoms with Crippen molar-refractivity contribution < 1.29 is 13.2 Å². The van der Waals surface area contributed by atoms with E-state index in [9.17, 15) is 13.2 Å². The number of nitrogens with two attached hydrogens (primary N) is 1. The summed E-state index contributed by atoms with van der Waals surface area (Å²) in [7, 11) is 0. The quantitative estimate of drug-likeness (QED) is 0.516. The van der Waals surface area contributed by atoms with E-state index in [0.717, 1.165) is 12.1 Å². The Balaban J connectivity index is 2.61. The first-order valence-electron chi connectivity index (χ1n) is 5.26. The minimum absolute atomic E-state index is 0.0560. The van der Waals surface area contributed by atoms with Crippen LogP contribution in [0.25, 0.3) is 0 Å². The van der Waals surface area contributed by atoms with Gasteiger partial charge in [0, 0.05) is 11.8 Å². The number of hydrogen-bond acceptors (Lipinski definition) is 3. The third kappa shape index (κ3) is 2.63. The largest absolute Gasteiger partial charge is 0.271 e. The van der Waals surface area contributed by atoms with Crippen LogP contribution in [0.15, 0.2) is 34.9 Å². The molecule has 0 saturated carbocycles. The van der Waals surface area contributed by atoms with Gasteiger partial charge in [-0.25, -0.2) is 18.6 Å². The lowest BCUT2D eigenvalue weighted by atomic mass is 10.0. The van der Waals surface area contributed by atoms with Crippen molar-refractivity contribution in [3.63, 3.8) is 0 Å². The Morgan fingerprint density at radius 1 is 1.16 bits per heavy atom. The molecular weight excluding hydrogens is 323 g/mol. The standard InChI is InChI=1S/C12H9BrF3N3/c13-6-3-4-7(14)9(10(6)16)12(19-17)11-8(15)2-1-5-18-11/h1-5,12,19H,17H2. The molecule has 0 radical (unpaired) electrons. The molecule has 1 aromatic heterocycles. The second kappa shape index (κ2) is 5.68. The van der Waals surface area contributed by atoms with Crippen LogP contribution < -0.4 is 11.3 Å². The maximum absolute atomic E-state index is 14.0. The van der Waals surface area contributed by atoms with Gasteiger partial charge >= 0.3 is 0 Å². The SMILES string of the molecule is NNC(c1ncccc1F)c1c(F)ccc(Br)c1F. The van der Waals surface area contributed by atoms with Crippen LogP contribution >= 0.6 is 15.9 Å². The molecule has 0 amide bonds. The molecule has 0 fully saturated rings. The molecule has 1 aromatic carbocycles. The first kappa shape index (κ1) is 14.0. The number of nitrogens with one attached hydrogen (secondary N) is 1. The van der Waals surface area contributed by atoms with E-state index < -0.39 is 29.1 Å². The van der Waals surface area contributed by atoms with Gasteiger partial charge in [-0.1, -0.05) is 0 Å². The predicted molar refractivity (Wildman–Crippen MR) is 67.4 cm³/mol.